The summed E-state index contributed by atoms with van der Waals surface area (Å²) in [6, 6.07) is -0.0246. The highest BCUT2D eigenvalue weighted by Crippen LogP contribution is 2.09. The maximum Gasteiger partial charge on any atom is 0.235 e. The Kier molecular flexibility index (Phi) is 6.41. The standard InChI is InChI=1S/C12H23N3O4S/c1-2-7-20(18,19)9-12(17)14-10-3-5-15(6-4-10)8-11(13)16/h10H,2-9H2,1H3,(H2,13,16)(H,14,17). The number of nitrogens with two attached hydrogens (primary N) is 1. The van der Waals surface area contributed by atoms with E-state index in [1.807, 2.05) is 4.90 Å². The predicted molar refractivity (Wildman–Crippen MR) is 75.7 cm³/mol. The Morgan fingerprint density at radius 1 is 1.30 bits per heavy atom. The van der Waals surface area contributed by atoms with Crippen molar-refractivity contribution in [1.29, 1.82) is 0 Å². The normalized spacial score (nSPS) is 17.9. The summed E-state index contributed by atoms with van der Waals surface area (Å²) in [5.74, 6) is -1.20. The molecule has 1 fully saturated rings. The van der Waals surface area contributed by atoms with E-state index >= 15 is 0 Å². The van der Waals surface area contributed by atoms with Gasteiger partial charge in [0.25, 0.3) is 0 Å². The van der Waals surface area contributed by atoms with Crippen LogP contribution in [0.1, 0.15) is 26.2 Å². The second-order valence-corrected chi connectivity index (χ2v) is 7.36. The van der Waals surface area contributed by atoms with Crippen molar-refractivity contribution in [1.82, 2.24) is 10.2 Å². The third-order valence-corrected chi connectivity index (χ3v) is 4.93. The number of hydrogen-bond acceptors (Lipinski definition) is 5. The average molecular weight is 305 g/mol. The van der Waals surface area contributed by atoms with Crippen molar-refractivity contribution >= 4 is 21.7 Å². The fraction of sp³-hybridized carbons (Fsp3) is 0.833. The third kappa shape index (κ3) is 6.33. The number of carbonyl (C=O) groups is 2. The highest BCUT2D eigenvalue weighted by atomic mass is 32.2. The maximum absolute atomic E-state index is 11.7. The van der Waals surface area contributed by atoms with E-state index in [0.717, 1.165) is 0 Å². The van der Waals surface area contributed by atoms with E-state index in [-0.39, 0.29) is 24.2 Å². The number of likely N-dealkylation sites (tertiary alicyclic amines) is 1. The van der Waals surface area contributed by atoms with E-state index in [1.165, 1.54) is 0 Å². The number of nitrogens with one attached hydrogen (secondary N) is 1. The second kappa shape index (κ2) is 7.58. The van der Waals surface area contributed by atoms with Gasteiger partial charge in [-0.15, -0.1) is 0 Å². The topological polar surface area (TPSA) is 110 Å². The van der Waals surface area contributed by atoms with Crippen molar-refractivity contribution in [2.75, 3.05) is 31.1 Å². The molecule has 1 saturated heterocycles. The third-order valence-electron chi connectivity index (χ3n) is 3.20. The molecule has 1 rings (SSSR count). The molecule has 0 bridgehead atoms. The van der Waals surface area contributed by atoms with Crippen LogP contribution in [0, 0.1) is 0 Å². The number of nitrogens with zero attached hydrogens (tertiary/aromatic N) is 1. The molecular formula is C12H23N3O4S. The van der Waals surface area contributed by atoms with Crippen molar-refractivity contribution in [2.45, 2.75) is 32.2 Å². The SMILES string of the molecule is CCCS(=O)(=O)CC(=O)NC1CCN(CC(N)=O)CC1. The minimum absolute atomic E-state index is 0.0246. The van der Waals surface area contributed by atoms with Crippen LogP contribution < -0.4 is 11.1 Å². The highest BCUT2D eigenvalue weighted by Gasteiger charge is 2.23. The van der Waals surface area contributed by atoms with E-state index in [2.05, 4.69) is 5.32 Å². The summed E-state index contributed by atoms with van der Waals surface area (Å²) in [7, 11) is -3.29. The molecule has 0 radical (unpaired) electrons. The van der Waals surface area contributed by atoms with Crippen molar-refractivity contribution < 1.29 is 18.0 Å². The Morgan fingerprint density at radius 3 is 2.40 bits per heavy atom. The van der Waals surface area contributed by atoms with Crippen LogP contribution in [0.5, 0.6) is 0 Å². The first-order valence-corrected chi connectivity index (χ1v) is 8.65. The largest absolute Gasteiger partial charge is 0.369 e. The lowest BCUT2D eigenvalue weighted by Crippen LogP contribution is -2.47. The number of carbonyl (C=O) groups excluding carboxylic acids is 2. The quantitative estimate of drug-likeness (QED) is 0.619. The molecule has 0 aromatic heterocycles. The van der Waals surface area contributed by atoms with Crippen LogP contribution in [0.4, 0.5) is 0 Å². The van der Waals surface area contributed by atoms with E-state index in [0.29, 0.717) is 32.4 Å². The molecule has 0 aliphatic carbocycles. The summed E-state index contributed by atoms with van der Waals surface area (Å²) in [5.41, 5.74) is 5.12. The van der Waals surface area contributed by atoms with Gasteiger partial charge in [-0.2, -0.15) is 0 Å². The molecule has 7 nitrogen and oxygen atoms in total. The first-order chi connectivity index (χ1) is 9.32. The number of piperidine rings is 1. The van der Waals surface area contributed by atoms with Gasteiger partial charge >= 0.3 is 0 Å². The molecule has 20 heavy (non-hydrogen) atoms. The van der Waals surface area contributed by atoms with Crippen molar-refractivity contribution in [3.63, 3.8) is 0 Å². The first kappa shape index (κ1) is 16.9. The molecule has 0 spiro atoms. The number of primary amides is 1. The Hall–Kier alpha value is -1.15. The van der Waals surface area contributed by atoms with E-state index in [9.17, 15) is 18.0 Å². The summed E-state index contributed by atoms with van der Waals surface area (Å²) >= 11 is 0. The number of hydrogen-bond donors (Lipinski definition) is 2. The molecule has 0 unspecified atom stereocenters. The fourth-order valence-electron chi connectivity index (χ4n) is 2.31. The maximum atomic E-state index is 11.7. The molecule has 116 valence electrons. The van der Waals surface area contributed by atoms with Gasteiger partial charge in [-0.1, -0.05) is 6.92 Å². The summed E-state index contributed by atoms with van der Waals surface area (Å²) < 4.78 is 23.1. The van der Waals surface area contributed by atoms with Crippen LogP contribution in [-0.2, 0) is 19.4 Å². The van der Waals surface area contributed by atoms with Gasteiger partial charge in [-0.3, -0.25) is 14.5 Å². The number of amides is 2. The Labute approximate surface area is 119 Å². The molecule has 1 aliphatic rings. The van der Waals surface area contributed by atoms with E-state index in [4.69, 9.17) is 5.73 Å². The fourth-order valence-corrected chi connectivity index (χ4v) is 3.56. The highest BCUT2D eigenvalue weighted by molar-refractivity contribution is 7.92. The van der Waals surface area contributed by atoms with Crippen LogP contribution in [0.25, 0.3) is 0 Å². The van der Waals surface area contributed by atoms with E-state index in [1.54, 1.807) is 6.92 Å². The summed E-state index contributed by atoms with van der Waals surface area (Å²) in [4.78, 5) is 24.4. The minimum atomic E-state index is -3.29. The van der Waals surface area contributed by atoms with Crippen LogP contribution in [0.2, 0.25) is 0 Å². The lowest BCUT2D eigenvalue weighted by Gasteiger charge is -2.31. The molecule has 1 aliphatic heterocycles. The molecule has 3 N–H and O–H groups in total. The van der Waals surface area contributed by atoms with Crippen LogP contribution in [0.15, 0.2) is 0 Å². The molecule has 0 saturated carbocycles. The van der Waals surface area contributed by atoms with Crippen LogP contribution in [0.3, 0.4) is 0 Å². The van der Waals surface area contributed by atoms with Gasteiger partial charge in [0.1, 0.15) is 5.75 Å². The minimum Gasteiger partial charge on any atom is -0.369 e. The summed E-state index contributed by atoms with van der Waals surface area (Å²) in [5, 5.41) is 2.75. The zero-order valence-corrected chi connectivity index (χ0v) is 12.6. The Morgan fingerprint density at radius 2 is 1.90 bits per heavy atom. The van der Waals surface area contributed by atoms with Gasteiger partial charge in [0.2, 0.25) is 11.8 Å². The first-order valence-electron chi connectivity index (χ1n) is 6.83. The summed E-state index contributed by atoms with van der Waals surface area (Å²) in [6.45, 7) is 3.35. The molecule has 1 heterocycles. The van der Waals surface area contributed by atoms with Gasteiger partial charge < -0.3 is 11.1 Å². The summed E-state index contributed by atoms with van der Waals surface area (Å²) in [6.07, 6.45) is 1.92. The predicted octanol–water partition coefficient (Wildman–Crippen LogP) is -1.12. The van der Waals surface area contributed by atoms with Gasteiger partial charge in [0, 0.05) is 19.1 Å². The van der Waals surface area contributed by atoms with Crippen molar-refractivity contribution in [3.05, 3.63) is 0 Å². The molecular weight excluding hydrogens is 282 g/mol. The van der Waals surface area contributed by atoms with Crippen molar-refractivity contribution in [2.24, 2.45) is 5.73 Å². The monoisotopic (exact) mass is 305 g/mol. The average Bonchev–Trinajstić information content (AvgIpc) is 2.29. The molecule has 0 atom stereocenters. The Balaban J connectivity index is 2.33. The smallest absolute Gasteiger partial charge is 0.235 e. The molecule has 2 amide bonds. The van der Waals surface area contributed by atoms with Gasteiger partial charge in [0.05, 0.1) is 12.3 Å². The van der Waals surface area contributed by atoms with Crippen molar-refractivity contribution in [3.8, 4) is 0 Å². The molecule has 8 heteroatoms. The zero-order chi connectivity index (χ0) is 15.2. The lowest BCUT2D eigenvalue weighted by atomic mass is 10.1. The number of sulfone groups is 1. The van der Waals surface area contributed by atoms with Crippen LogP contribution in [-0.4, -0.2) is 62.3 Å². The number of rotatable bonds is 7. The van der Waals surface area contributed by atoms with Gasteiger partial charge in [0.15, 0.2) is 9.84 Å². The zero-order valence-electron chi connectivity index (χ0n) is 11.8. The second-order valence-electron chi connectivity index (χ2n) is 5.18. The molecule has 0 aromatic carbocycles. The lowest BCUT2D eigenvalue weighted by molar-refractivity contribution is -0.121. The van der Waals surface area contributed by atoms with Crippen LogP contribution >= 0.6 is 0 Å². The van der Waals surface area contributed by atoms with Gasteiger partial charge in [-0.25, -0.2) is 8.42 Å². The van der Waals surface area contributed by atoms with Gasteiger partial charge in [-0.05, 0) is 19.3 Å². The Bertz CT molecular complexity index is 442. The van der Waals surface area contributed by atoms with E-state index < -0.39 is 21.5 Å². The molecule has 0 aromatic rings.